The van der Waals surface area contributed by atoms with Crippen LogP contribution in [-0.4, -0.2) is 12.4 Å². The summed E-state index contributed by atoms with van der Waals surface area (Å²) in [7, 11) is 0. The van der Waals surface area contributed by atoms with Crippen molar-refractivity contribution in [3.63, 3.8) is 0 Å². The van der Waals surface area contributed by atoms with Crippen molar-refractivity contribution in [3.05, 3.63) is 101 Å². The Labute approximate surface area is 189 Å². The van der Waals surface area contributed by atoms with E-state index in [0.717, 1.165) is 40.4 Å². The minimum absolute atomic E-state index is 0.176. The zero-order valence-corrected chi connectivity index (χ0v) is 18.5. The van der Waals surface area contributed by atoms with E-state index in [-0.39, 0.29) is 17.7 Å². The Kier molecular flexibility index (Phi) is 5.44. The smallest absolute Gasteiger partial charge is 0.163 e. The summed E-state index contributed by atoms with van der Waals surface area (Å²) in [4.78, 5) is 13.6. The molecule has 3 aromatic rings. The van der Waals surface area contributed by atoms with Crippen molar-refractivity contribution in [1.82, 2.24) is 0 Å². The summed E-state index contributed by atoms with van der Waals surface area (Å²) in [6.07, 6.45) is 1.32. The van der Waals surface area contributed by atoms with E-state index in [9.17, 15) is 4.79 Å². The van der Waals surface area contributed by atoms with Gasteiger partial charge >= 0.3 is 0 Å². The molecule has 0 saturated heterocycles. The number of hydrogen-bond donors (Lipinski definition) is 2. The van der Waals surface area contributed by atoms with Crippen LogP contribution < -0.4 is 15.4 Å². The third-order valence-corrected chi connectivity index (χ3v) is 6.36. The maximum absolute atomic E-state index is 13.6. The van der Waals surface area contributed by atoms with Gasteiger partial charge in [-0.05, 0) is 61.6 Å². The fourth-order valence-corrected chi connectivity index (χ4v) is 4.77. The molecule has 0 amide bonds. The van der Waals surface area contributed by atoms with E-state index >= 15 is 0 Å². The minimum atomic E-state index is -0.229. The van der Waals surface area contributed by atoms with E-state index < -0.39 is 0 Å². The molecule has 4 heteroatoms. The van der Waals surface area contributed by atoms with Crippen LogP contribution in [0.5, 0.6) is 5.75 Å². The van der Waals surface area contributed by atoms with Crippen molar-refractivity contribution in [2.75, 3.05) is 17.2 Å². The lowest BCUT2D eigenvalue weighted by atomic mass is 9.78. The highest BCUT2D eigenvalue weighted by molar-refractivity contribution is 6.01. The first kappa shape index (κ1) is 20.4. The molecular weight excluding hydrogens is 396 g/mol. The Hall–Kier alpha value is -3.53. The third-order valence-electron chi connectivity index (χ3n) is 6.36. The lowest BCUT2D eigenvalue weighted by molar-refractivity contribution is -0.116. The maximum Gasteiger partial charge on any atom is 0.163 e. The fraction of sp³-hybridized carbons (Fsp3) is 0.250. The highest BCUT2D eigenvalue weighted by atomic mass is 16.5. The number of Topliss-reactive ketones (excluding diaryl/α,β-unsaturated/α-hetero) is 1. The van der Waals surface area contributed by atoms with Crippen LogP contribution in [0.1, 0.15) is 48.4 Å². The highest BCUT2D eigenvalue weighted by Crippen LogP contribution is 2.44. The van der Waals surface area contributed by atoms with Crippen LogP contribution in [0, 0.1) is 6.92 Å². The molecule has 0 radical (unpaired) electrons. The molecule has 0 aromatic heterocycles. The quantitative estimate of drug-likeness (QED) is 0.511. The molecule has 3 aromatic carbocycles. The predicted octanol–water partition coefficient (Wildman–Crippen LogP) is 6.37. The number of carbonyl (C=O) groups excluding carboxylic acids is 1. The lowest BCUT2D eigenvalue weighted by Gasteiger charge is -2.30. The van der Waals surface area contributed by atoms with E-state index in [1.807, 2.05) is 37.3 Å². The SMILES string of the molecule is CCOc1cccc([C@@H]2Nc3ccccc3NC3=C2C(=O)C[C@@H](c2ccc(C)cc2)C3)c1. The van der Waals surface area contributed by atoms with Crippen molar-refractivity contribution >= 4 is 17.2 Å². The maximum atomic E-state index is 13.6. The van der Waals surface area contributed by atoms with Crippen molar-refractivity contribution < 1.29 is 9.53 Å². The van der Waals surface area contributed by atoms with Crippen LogP contribution in [0.2, 0.25) is 0 Å². The molecular formula is C28H28N2O2. The van der Waals surface area contributed by atoms with E-state index in [4.69, 9.17) is 4.74 Å². The molecule has 4 nitrogen and oxygen atoms in total. The normalized spacial score (nSPS) is 19.9. The number of anilines is 2. The largest absolute Gasteiger partial charge is 0.494 e. The summed E-state index contributed by atoms with van der Waals surface area (Å²) in [5, 5.41) is 7.25. The standard InChI is InChI=1S/C28H28N2O2/c1-3-32-22-8-6-7-20(15-22)28-27-25(29-23-9-4-5-10-24(23)30-28)16-21(17-26(27)31)19-13-11-18(2)12-14-19/h4-15,21,28-30H,3,16-17H2,1-2H3/t21-,28-/m0/s1. The first-order valence-electron chi connectivity index (χ1n) is 11.3. The van der Waals surface area contributed by atoms with Crippen molar-refractivity contribution in [3.8, 4) is 5.75 Å². The zero-order chi connectivity index (χ0) is 22.1. The fourth-order valence-electron chi connectivity index (χ4n) is 4.77. The summed E-state index contributed by atoms with van der Waals surface area (Å²) in [6.45, 7) is 4.68. The lowest BCUT2D eigenvalue weighted by Crippen LogP contribution is -2.26. The van der Waals surface area contributed by atoms with Crippen LogP contribution in [-0.2, 0) is 4.79 Å². The van der Waals surface area contributed by atoms with Gasteiger partial charge in [0.2, 0.25) is 0 Å². The first-order valence-corrected chi connectivity index (χ1v) is 11.3. The Morgan fingerprint density at radius 2 is 1.69 bits per heavy atom. The molecule has 0 unspecified atom stereocenters. The number of carbonyl (C=O) groups is 1. The second-order valence-corrected chi connectivity index (χ2v) is 8.58. The van der Waals surface area contributed by atoms with Crippen molar-refractivity contribution in [2.24, 2.45) is 0 Å². The van der Waals surface area contributed by atoms with Crippen molar-refractivity contribution in [1.29, 1.82) is 0 Å². The molecule has 0 bridgehead atoms. The molecule has 1 heterocycles. The van der Waals surface area contributed by atoms with Gasteiger partial charge in [-0.2, -0.15) is 0 Å². The van der Waals surface area contributed by atoms with Gasteiger partial charge in [-0.3, -0.25) is 4.79 Å². The third kappa shape index (κ3) is 3.89. The van der Waals surface area contributed by atoms with Crippen LogP contribution in [0.25, 0.3) is 0 Å². The molecule has 1 aliphatic heterocycles. The van der Waals surface area contributed by atoms with Crippen LogP contribution >= 0.6 is 0 Å². The average molecular weight is 425 g/mol. The highest BCUT2D eigenvalue weighted by Gasteiger charge is 2.36. The first-order chi connectivity index (χ1) is 15.6. The predicted molar refractivity (Wildman–Crippen MR) is 129 cm³/mol. The van der Waals surface area contributed by atoms with Gasteiger partial charge in [0, 0.05) is 17.7 Å². The zero-order valence-electron chi connectivity index (χ0n) is 18.5. The number of ether oxygens (including phenoxy) is 1. The summed E-state index contributed by atoms with van der Waals surface area (Å²) in [5.74, 6) is 1.19. The second kappa shape index (κ2) is 8.54. The Bertz CT molecular complexity index is 1180. The minimum Gasteiger partial charge on any atom is -0.494 e. The number of allylic oxidation sites excluding steroid dienone is 1. The van der Waals surface area contributed by atoms with Gasteiger partial charge in [0.05, 0.1) is 24.0 Å². The molecule has 0 saturated carbocycles. The van der Waals surface area contributed by atoms with Crippen molar-refractivity contribution in [2.45, 2.75) is 38.6 Å². The van der Waals surface area contributed by atoms with E-state index in [1.54, 1.807) is 0 Å². The number of nitrogens with one attached hydrogen (secondary N) is 2. The van der Waals surface area contributed by atoms with E-state index in [2.05, 4.69) is 60.0 Å². The van der Waals surface area contributed by atoms with Gasteiger partial charge in [-0.15, -0.1) is 0 Å². The Balaban J connectivity index is 1.59. The number of fused-ring (bicyclic) bond motifs is 1. The monoisotopic (exact) mass is 424 g/mol. The Morgan fingerprint density at radius 1 is 0.906 bits per heavy atom. The summed E-state index contributed by atoms with van der Waals surface area (Å²) >= 11 is 0. The molecule has 0 fully saturated rings. The molecule has 2 atom stereocenters. The number of para-hydroxylation sites is 2. The van der Waals surface area contributed by atoms with Crippen LogP contribution in [0.15, 0.2) is 84.1 Å². The molecule has 0 spiro atoms. The molecule has 2 aliphatic rings. The van der Waals surface area contributed by atoms with E-state index in [1.165, 1.54) is 11.1 Å². The number of ketones is 1. The number of rotatable bonds is 4. The summed E-state index contributed by atoms with van der Waals surface area (Å²) < 4.78 is 5.74. The number of hydrogen-bond acceptors (Lipinski definition) is 4. The molecule has 5 rings (SSSR count). The van der Waals surface area contributed by atoms with Gasteiger partial charge in [0.25, 0.3) is 0 Å². The van der Waals surface area contributed by atoms with E-state index in [0.29, 0.717) is 13.0 Å². The van der Waals surface area contributed by atoms with Crippen LogP contribution in [0.4, 0.5) is 11.4 Å². The topological polar surface area (TPSA) is 50.4 Å². The second-order valence-electron chi connectivity index (χ2n) is 8.58. The molecule has 162 valence electrons. The number of benzene rings is 3. The van der Waals surface area contributed by atoms with Gasteiger partial charge in [-0.25, -0.2) is 0 Å². The van der Waals surface area contributed by atoms with Gasteiger partial charge in [-0.1, -0.05) is 54.1 Å². The molecule has 1 aliphatic carbocycles. The molecule has 32 heavy (non-hydrogen) atoms. The summed E-state index contributed by atoms with van der Waals surface area (Å²) in [5.41, 5.74) is 7.32. The Morgan fingerprint density at radius 3 is 2.47 bits per heavy atom. The summed E-state index contributed by atoms with van der Waals surface area (Å²) in [6, 6.07) is 24.6. The van der Waals surface area contributed by atoms with Gasteiger partial charge in [0.1, 0.15) is 5.75 Å². The van der Waals surface area contributed by atoms with Gasteiger partial charge < -0.3 is 15.4 Å². The average Bonchev–Trinajstić information content (AvgIpc) is 2.97. The van der Waals surface area contributed by atoms with Crippen LogP contribution in [0.3, 0.4) is 0 Å². The number of aryl methyl sites for hydroxylation is 1. The van der Waals surface area contributed by atoms with Gasteiger partial charge in [0.15, 0.2) is 5.78 Å². The molecule has 2 N–H and O–H groups in total.